The summed E-state index contributed by atoms with van der Waals surface area (Å²) in [5.41, 5.74) is 1.50. The fourth-order valence-corrected chi connectivity index (χ4v) is 2.68. The Bertz CT molecular complexity index is 606. The normalized spacial score (nSPS) is 21.5. The second-order valence-electron chi connectivity index (χ2n) is 5.12. The minimum Gasteiger partial charge on any atom is -0.391 e. The van der Waals surface area contributed by atoms with E-state index in [0.717, 1.165) is 5.56 Å². The predicted octanol–water partition coefficient (Wildman–Crippen LogP) is 0.690. The van der Waals surface area contributed by atoms with Crippen LogP contribution in [0.1, 0.15) is 22.3 Å². The first-order chi connectivity index (χ1) is 10.3. The Morgan fingerprint density at radius 1 is 1.29 bits per heavy atom. The summed E-state index contributed by atoms with van der Waals surface area (Å²) < 4.78 is 0. The van der Waals surface area contributed by atoms with Crippen LogP contribution in [0, 0.1) is 0 Å². The fraction of sp³-hybridized carbons (Fsp3) is 0.333. The maximum atomic E-state index is 12.5. The lowest BCUT2D eigenvalue weighted by Gasteiger charge is -2.26. The molecular formula is C15H16N4O2. The molecule has 1 amide bonds. The van der Waals surface area contributed by atoms with E-state index in [1.807, 2.05) is 12.1 Å². The molecule has 0 aliphatic carbocycles. The van der Waals surface area contributed by atoms with E-state index in [4.69, 9.17) is 0 Å². The van der Waals surface area contributed by atoms with Crippen LogP contribution in [0.25, 0.3) is 0 Å². The topological polar surface area (TPSA) is 79.2 Å². The number of aliphatic hydroxyl groups is 1. The monoisotopic (exact) mass is 284 g/mol. The summed E-state index contributed by atoms with van der Waals surface area (Å²) in [5.74, 6) is -0.115. The van der Waals surface area contributed by atoms with Crippen LogP contribution in [0.5, 0.6) is 0 Å². The van der Waals surface area contributed by atoms with Crippen molar-refractivity contribution >= 4 is 5.91 Å². The number of aliphatic hydroxyl groups excluding tert-OH is 1. The van der Waals surface area contributed by atoms with Gasteiger partial charge in [0.15, 0.2) is 0 Å². The first kappa shape index (κ1) is 13.6. The summed E-state index contributed by atoms with van der Waals surface area (Å²) in [5, 5.41) is 17.6. The Balaban J connectivity index is 1.79. The standard InChI is InChI=1S/C15H16N4O2/c20-14-4-7-19(15(21)12-3-6-17-18-10-12)13(14)8-11-2-1-5-16-9-11/h1-3,5-6,9-10,13-14,20H,4,7-8H2/t13-,14-/m1/s1. The van der Waals surface area contributed by atoms with Gasteiger partial charge in [0.1, 0.15) is 0 Å². The SMILES string of the molecule is O=C(c1ccnnc1)N1CC[C@@H](O)[C@H]1Cc1cccnc1. The van der Waals surface area contributed by atoms with Gasteiger partial charge >= 0.3 is 0 Å². The summed E-state index contributed by atoms with van der Waals surface area (Å²) >= 11 is 0. The molecule has 0 unspecified atom stereocenters. The van der Waals surface area contributed by atoms with Gasteiger partial charge in [0, 0.05) is 18.9 Å². The molecule has 1 saturated heterocycles. The van der Waals surface area contributed by atoms with Crippen LogP contribution in [0.3, 0.4) is 0 Å². The van der Waals surface area contributed by atoms with E-state index in [-0.39, 0.29) is 11.9 Å². The average molecular weight is 284 g/mol. The van der Waals surface area contributed by atoms with E-state index in [1.165, 1.54) is 12.4 Å². The van der Waals surface area contributed by atoms with Crippen molar-refractivity contribution < 1.29 is 9.90 Å². The van der Waals surface area contributed by atoms with Crippen LogP contribution in [0.15, 0.2) is 43.0 Å². The van der Waals surface area contributed by atoms with Gasteiger partial charge in [0.2, 0.25) is 0 Å². The maximum absolute atomic E-state index is 12.5. The molecule has 2 aromatic heterocycles. The first-order valence-corrected chi connectivity index (χ1v) is 6.90. The van der Waals surface area contributed by atoms with E-state index in [9.17, 15) is 9.90 Å². The molecule has 3 heterocycles. The van der Waals surface area contributed by atoms with Crippen molar-refractivity contribution in [3.05, 3.63) is 54.1 Å². The molecule has 0 saturated carbocycles. The minimum absolute atomic E-state index is 0.115. The molecule has 1 fully saturated rings. The molecule has 6 heteroatoms. The molecule has 2 atom stereocenters. The zero-order valence-corrected chi connectivity index (χ0v) is 11.5. The lowest BCUT2D eigenvalue weighted by atomic mass is 10.0. The van der Waals surface area contributed by atoms with Crippen molar-refractivity contribution in [2.75, 3.05) is 6.54 Å². The Morgan fingerprint density at radius 3 is 2.90 bits per heavy atom. The number of pyridine rings is 1. The molecule has 0 spiro atoms. The number of hydrogen-bond acceptors (Lipinski definition) is 5. The smallest absolute Gasteiger partial charge is 0.255 e. The van der Waals surface area contributed by atoms with Crippen molar-refractivity contribution in [2.24, 2.45) is 0 Å². The van der Waals surface area contributed by atoms with Gasteiger partial charge in [-0.1, -0.05) is 6.07 Å². The Hall–Kier alpha value is -2.34. The number of nitrogens with zero attached hydrogens (tertiary/aromatic N) is 4. The molecule has 0 bridgehead atoms. The molecule has 1 aliphatic heterocycles. The van der Waals surface area contributed by atoms with Crippen LogP contribution in [0.4, 0.5) is 0 Å². The lowest BCUT2D eigenvalue weighted by molar-refractivity contribution is 0.0639. The number of amides is 1. The summed E-state index contributed by atoms with van der Waals surface area (Å²) in [6.45, 7) is 0.549. The molecule has 2 aromatic rings. The van der Waals surface area contributed by atoms with E-state index in [0.29, 0.717) is 24.9 Å². The highest BCUT2D eigenvalue weighted by Crippen LogP contribution is 2.23. The van der Waals surface area contributed by atoms with Gasteiger partial charge < -0.3 is 10.0 Å². The van der Waals surface area contributed by atoms with Crippen LogP contribution < -0.4 is 0 Å². The number of hydrogen-bond donors (Lipinski definition) is 1. The molecule has 21 heavy (non-hydrogen) atoms. The van der Waals surface area contributed by atoms with Crippen molar-refractivity contribution in [3.63, 3.8) is 0 Å². The predicted molar refractivity (Wildman–Crippen MR) is 75.4 cm³/mol. The third kappa shape index (κ3) is 2.90. The van der Waals surface area contributed by atoms with E-state index < -0.39 is 6.10 Å². The summed E-state index contributed by atoms with van der Waals surface area (Å²) in [6.07, 6.45) is 7.10. The molecule has 3 rings (SSSR count). The van der Waals surface area contributed by atoms with E-state index >= 15 is 0 Å². The number of carbonyl (C=O) groups excluding carboxylic acids is 1. The molecule has 1 aliphatic rings. The van der Waals surface area contributed by atoms with Gasteiger partial charge in [-0.15, -0.1) is 0 Å². The van der Waals surface area contributed by atoms with Crippen molar-refractivity contribution in [2.45, 2.75) is 25.0 Å². The fourth-order valence-electron chi connectivity index (χ4n) is 2.68. The second kappa shape index (κ2) is 5.97. The van der Waals surface area contributed by atoms with Crippen LogP contribution >= 0.6 is 0 Å². The molecular weight excluding hydrogens is 268 g/mol. The number of likely N-dealkylation sites (tertiary alicyclic amines) is 1. The van der Waals surface area contributed by atoms with Crippen molar-refractivity contribution in [3.8, 4) is 0 Å². The Labute approximate surface area is 122 Å². The summed E-state index contributed by atoms with van der Waals surface area (Å²) in [6, 6.07) is 5.22. The maximum Gasteiger partial charge on any atom is 0.255 e. The number of rotatable bonds is 3. The molecule has 108 valence electrons. The van der Waals surface area contributed by atoms with Gasteiger partial charge in [-0.2, -0.15) is 10.2 Å². The highest BCUT2D eigenvalue weighted by Gasteiger charge is 2.36. The van der Waals surface area contributed by atoms with Crippen molar-refractivity contribution in [1.29, 1.82) is 0 Å². The Kier molecular flexibility index (Phi) is 3.87. The average Bonchev–Trinajstić information content (AvgIpc) is 2.90. The largest absolute Gasteiger partial charge is 0.391 e. The molecule has 0 radical (unpaired) electrons. The van der Waals surface area contributed by atoms with Crippen LogP contribution in [0.2, 0.25) is 0 Å². The molecule has 1 N–H and O–H groups in total. The van der Waals surface area contributed by atoms with E-state index in [1.54, 1.807) is 23.4 Å². The highest BCUT2D eigenvalue weighted by molar-refractivity contribution is 5.94. The van der Waals surface area contributed by atoms with Gasteiger partial charge in [0.05, 0.1) is 30.1 Å². The number of aromatic nitrogens is 3. The zero-order chi connectivity index (χ0) is 14.7. The number of carbonyl (C=O) groups is 1. The van der Waals surface area contributed by atoms with Gasteiger partial charge in [-0.05, 0) is 30.5 Å². The summed E-state index contributed by atoms with van der Waals surface area (Å²) in [4.78, 5) is 18.3. The van der Waals surface area contributed by atoms with E-state index in [2.05, 4.69) is 15.2 Å². The van der Waals surface area contributed by atoms with Gasteiger partial charge in [0.25, 0.3) is 5.91 Å². The first-order valence-electron chi connectivity index (χ1n) is 6.90. The van der Waals surface area contributed by atoms with Crippen LogP contribution in [-0.4, -0.2) is 49.8 Å². The minimum atomic E-state index is -0.510. The second-order valence-corrected chi connectivity index (χ2v) is 5.12. The third-order valence-corrected chi connectivity index (χ3v) is 3.77. The quantitative estimate of drug-likeness (QED) is 0.897. The zero-order valence-electron chi connectivity index (χ0n) is 11.5. The van der Waals surface area contributed by atoms with Gasteiger partial charge in [-0.3, -0.25) is 9.78 Å². The third-order valence-electron chi connectivity index (χ3n) is 3.77. The lowest BCUT2D eigenvalue weighted by Crippen LogP contribution is -2.41. The van der Waals surface area contributed by atoms with Gasteiger partial charge in [-0.25, -0.2) is 0 Å². The molecule has 6 nitrogen and oxygen atoms in total. The highest BCUT2D eigenvalue weighted by atomic mass is 16.3. The summed E-state index contributed by atoms with van der Waals surface area (Å²) in [7, 11) is 0. The Morgan fingerprint density at radius 2 is 2.19 bits per heavy atom. The van der Waals surface area contributed by atoms with Crippen LogP contribution in [-0.2, 0) is 6.42 Å². The molecule has 0 aromatic carbocycles. The van der Waals surface area contributed by atoms with Crippen molar-refractivity contribution in [1.82, 2.24) is 20.1 Å².